The summed E-state index contributed by atoms with van der Waals surface area (Å²) in [6, 6.07) is 2.91. The average Bonchev–Trinajstić information content (AvgIpc) is 2.67. The third-order valence-corrected chi connectivity index (χ3v) is 4.17. The van der Waals surface area contributed by atoms with E-state index in [2.05, 4.69) is 49.2 Å². The van der Waals surface area contributed by atoms with Crippen molar-refractivity contribution in [2.75, 3.05) is 0 Å². The first kappa shape index (κ1) is 11.7. The van der Waals surface area contributed by atoms with Gasteiger partial charge < -0.3 is 9.88 Å². The van der Waals surface area contributed by atoms with Crippen LogP contribution in [0.25, 0.3) is 0 Å². The van der Waals surface area contributed by atoms with Gasteiger partial charge in [-0.25, -0.2) is 0 Å². The molecule has 3 unspecified atom stereocenters. The van der Waals surface area contributed by atoms with Crippen molar-refractivity contribution in [3.63, 3.8) is 0 Å². The van der Waals surface area contributed by atoms with Gasteiger partial charge in [0.05, 0.1) is 0 Å². The molecule has 1 saturated carbocycles. The molecule has 0 saturated heterocycles. The maximum Gasteiger partial charge on any atom is 0.0223 e. The smallest absolute Gasteiger partial charge is 0.0223 e. The molecule has 2 heteroatoms. The minimum atomic E-state index is 0.712. The van der Waals surface area contributed by atoms with Gasteiger partial charge in [-0.15, -0.1) is 0 Å². The Morgan fingerprint density at radius 2 is 2.19 bits per heavy atom. The van der Waals surface area contributed by atoms with Gasteiger partial charge in [0, 0.05) is 32.0 Å². The lowest BCUT2D eigenvalue weighted by Gasteiger charge is -2.34. The van der Waals surface area contributed by atoms with E-state index in [9.17, 15) is 0 Å². The molecule has 1 N–H and O–H groups in total. The van der Waals surface area contributed by atoms with Crippen molar-refractivity contribution in [1.82, 2.24) is 9.88 Å². The molecule has 1 fully saturated rings. The van der Waals surface area contributed by atoms with Crippen LogP contribution in [0.1, 0.15) is 38.7 Å². The lowest BCUT2D eigenvalue weighted by molar-refractivity contribution is 0.206. The summed E-state index contributed by atoms with van der Waals surface area (Å²) >= 11 is 0. The first-order valence-electron chi connectivity index (χ1n) is 6.51. The summed E-state index contributed by atoms with van der Waals surface area (Å²) in [5, 5.41) is 3.72. The van der Waals surface area contributed by atoms with Crippen LogP contribution < -0.4 is 5.32 Å². The zero-order chi connectivity index (χ0) is 11.5. The van der Waals surface area contributed by atoms with Crippen LogP contribution >= 0.6 is 0 Å². The van der Waals surface area contributed by atoms with Crippen molar-refractivity contribution in [3.8, 4) is 0 Å². The Labute approximate surface area is 99.0 Å². The topological polar surface area (TPSA) is 17.0 Å². The minimum Gasteiger partial charge on any atom is -0.357 e. The summed E-state index contributed by atoms with van der Waals surface area (Å²) in [6.07, 6.45) is 8.45. The fraction of sp³-hybridized carbons (Fsp3) is 0.714. The van der Waals surface area contributed by atoms with E-state index in [1.807, 2.05) is 0 Å². The molecule has 90 valence electrons. The van der Waals surface area contributed by atoms with Crippen LogP contribution in [0.5, 0.6) is 0 Å². The maximum absolute atomic E-state index is 3.72. The fourth-order valence-corrected chi connectivity index (χ4v) is 2.78. The van der Waals surface area contributed by atoms with Gasteiger partial charge in [-0.2, -0.15) is 0 Å². The van der Waals surface area contributed by atoms with Crippen molar-refractivity contribution in [3.05, 3.63) is 24.0 Å². The quantitative estimate of drug-likeness (QED) is 0.828. The van der Waals surface area contributed by atoms with Crippen LogP contribution in [0.3, 0.4) is 0 Å². The maximum atomic E-state index is 3.72. The number of hydrogen-bond donors (Lipinski definition) is 1. The molecule has 0 amide bonds. The Kier molecular flexibility index (Phi) is 3.70. The molecule has 0 aromatic carbocycles. The Hall–Kier alpha value is -0.760. The van der Waals surface area contributed by atoms with Crippen molar-refractivity contribution in [2.24, 2.45) is 18.9 Å². The molecule has 2 rings (SSSR count). The van der Waals surface area contributed by atoms with Crippen LogP contribution in [0, 0.1) is 11.8 Å². The van der Waals surface area contributed by atoms with Gasteiger partial charge in [0.2, 0.25) is 0 Å². The van der Waals surface area contributed by atoms with Gasteiger partial charge >= 0.3 is 0 Å². The first-order valence-corrected chi connectivity index (χ1v) is 6.51. The molecule has 1 aliphatic carbocycles. The normalized spacial score (nSPS) is 30.6. The monoisotopic (exact) mass is 220 g/mol. The fourth-order valence-electron chi connectivity index (χ4n) is 2.78. The summed E-state index contributed by atoms with van der Waals surface area (Å²) in [5.74, 6) is 1.69. The number of nitrogens with one attached hydrogen (secondary N) is 1. The summed E-state index contributed by atoms with van der Waals surface area (Å²) in [4.78, 5) is 0. The number of nitrogens with zero attached hydrogens (tertiary/aromatic N) is 1. The van der Waals surface area contributed by atoms with E-state index in [1.165, 1.54) is 24.8 Å². The second-order valence-corrected chi connectivity index (χ2v) is 5.44. The van der Waals surface area contributed by atoms with Crippen LogP contribution in [0.4, 0.5) is 0 Å². The second-order valence-electron chi connectivity index (χ2n) is 5.44. The highest BCUT2D eigenvalue weighted by Gasteiger charge is 2.26. The van der Waals surface area contributed by atoms with Crippen molar-refractivity contribution < 1.29 is 0 Å². The number of aryl methyl sites for hydroxylation is 1. The summed E-state index contributed by atoms with van der Waals surface area (Å²) in [7, 11) is 2.08. The lowest BCUT2D eigenvalue weighted by atomic mass is 9.78. The highest BCUT2D eigenvalue weighted by atomic mass is 14.9. The first-order chi connectivity index (χ1) is 7.66. The molecule has 1 aromatic rings. The molecular weight excluding hydrogens is 196 g/mol. The van der Waals surface area contributed by atoms with Gasteiger partial charge in [0.15, 0.2) is 0 Å². The highest BCUT2D eigenvalue weighted by molar-refractivity contribution is 5.09. The molecule has 1 heterocycles. The number of hydrogen-bond acceptors (Lipinski definition) is 1. The van der Waals surface area contributed by atoms with Gasteiger partial charge in [-0.1, -0.05) is 26.7 Å². The molecule has 0 bridgehead atoms. The second kappa shape index (κ2) is 5.05. The Balaban J connectivity index is 1.85. The zero-order valence-corrected chi connectivity index (χ0v) is 10.7. The van der Waals surface area contributed by atoms with Crippen LogP contribution in [0.15, 0.2) is 18.5 Å². The predicted molar refractivity (Wildman–Crippen MR) is 68.2 cm³/mol. The van der Waals surface area contributed by atoms with E-state index >= 15 is 0 Å². The van der Waals surface area contributed by atoms with Gasteiger partial charge in [0.1, 0.15) is 0 Å². The number of rotatable bonds is 3. The molecule has 0 radical (unpaired) electrons. The molecule has 0 aliphatic heterocycles. The predicted octanol–water partition coefficient (Wildman–Crippen LogP) is 2.94. The van der Waals surface area contributed by atoms with E-state index < -0.39 is 0 Å². The third kappa shape index (κ3) is 2.67. The molecule has 2 nitrogen and oxygen atoms in total. The summed E-state index contributed by atoms with van der Waals surface area (Å²) in [6.45, 7) is 5.80. The Morgan fingerprint density at radius 1 is 1.38 bits per heavy atom. The van der Waals surface area contributed by atoms with Gasteiger partial charge in [0.25, 0.3) is 0 Å². The Bertz CT molecular complexity index is 329. The summed E-state index contributed by atoms with van der Waals surface area (Å²) in [5.41, 5.74) is 1.40. The van der Waals surface area contributed by atoms with Crippen LogP contribution in [-0.4, -0.2) is 10.6 Å². The highest BCUT2D eigenvalue weighted by Crippen LogP contribution is 2.29. The van der Waals surface area contributed by atoms with Gasteiger partial charge in [-0.3, -0.25) is 0 Å². The van der Waals surface area contributed by atoms with Crippen molar-refractivity contribution in [2.45, 2.75) is 45.7 Å². The van der Waals surface area contributed by atoms with Gasteiger partial charge in [-0.05, 0) is 29.9 Å². The number of aromatic nitrogens is 1. The molecule has 0 spiro atoms. The average molecular weight is 220 g/mol. The van der Waals surface area contributed by atoms with E-state index in [-0.39, 0.29) is 0 Å². The van der Waals surface area contributed by atoms with E-state index in [1.54, 1.807) is 0 Å². The standard InChI is InChI=1S/C14H24N2/c1-11-5-4-6-14(12(11)2)15-9-13-7-8-16(3)10-13/h7-8,10-12,14-15H,4-6,9H2,1-3H3. The molecule has 16 heavy (non-hydrogen) atoms. The van der Waals surface area contributed by atoms with E-state index in [0.29, 0.717) is 6.04 Å². The SMILES string of the molecule is CC1CCCC(NCc2ccn(C)c2)C1C. The van der Waals surface area contributed by atoms with Crippen molar-refractivity contribution in [1.29, 1.82) is 0 Å². The third-order valence-electron chi connectivity index (χ3n) is 4.17. The Morgan fingerprint density at radius 3 is 2.88 bits per heavy atom. The van der Waals surface area contributed by atoms with Crippen LogP contribution in [-0.2, 0) is 13.6 Å². The van der Waals surface area contributed by atoms with Crippen molar-refractivity contribution >= 4 is 0 Å². The van der Waals surface area contributed by atoms with Crippen LogP contribution in [0.2, 0.25) is 0 Å². The minimum absolute atomic E-state index is 0.712. The molecule has 1 aliphatic rings. The lowest BCUT2D eigenvalue weighted by Crippen LogP contribution is -2.40. The summed E-state index contributed by atoms with van der Waals surface area (Å²) < 4.78 is 2.12. The van der Waals surface area contributed by atoms with E-state index in [0.717, 1.165) is 18.4 Å². The molecule has 3 atom stereocenters. The molecule has 1 aromatic heterocycles. The van der Waals surface area contributed by atoms with E-state index in [4.69, 9.17) is 0 Å². The zero-order valence-electron chi connectivity index (χ0n) is 10.7. The largest absolute Gasteiger partial charge is 0.357 e. The molecular formula is C14H24N2.